The van der Waals surface area contributed by atoms with E-state index in [1.54, 1.807) is 18.3 Å². The first-order valence-electron chi connectivity index (χ1n) is 6.90. The molecule has 1 aliphatic rings. The molecule has 1 aromatic heterocycles. The summed E-state index contributed by atoms with van der Waals surface area (Å²) in [4.78, 5) is 11.9. The lowest BCUT2D eigenvalue weighted by atomic mass is 10.0. The summed E-state index contributed by atoms with van der Waals surface area (Å²) in [6, 6.07) is 8.07. The third-order valence-corrected chi connectivity index (χ3v) is 3.51. The molecule has 1 aliphatic heterocycles. The number of para-hydroxylation sites is 1. The summed E-state index contributed by atoms with van der Waals surface area (Å²) in [7, 11) is 0. The molecule has 0 aliphatic carbocycles. The Morgan fingerprint density at radius 1 is 1.43 bits per heavy atom. The third-order valence-electron chi connectivity index (χ3n) is 3.51. The number of carbonyl (C=O) groups excluding carboxylic acids is 1. The lowest BCUT2D eigenvalue weighted by Crippen LogP contribution is -2.42. The zero-order valence-corrected chi connectivity index (χ0v) is 11.5. The number of nitrogens with one attached hydrogen (secondary N) is 1. The lowest BCUT2D eigenvalue weighted by molar-refractivity contribution is -0.124. The predicted octanol–water partition coefficient (Wildman–Crippen LogP) is 1.53. The number of ether oxygens (including phenoxy) is 1. The van der Waals surface area contributed by atoms with E-state index in [2.05, 4.69) is 10.4 Å². The van der Waals surface area contributed by atoms with E-state index in [0.29, 0.717) is 0 Å². The van der Waals surface area contributed by atoms with Gasteiger partial charge in [-0.1, -0.05) is 12.1 Å². The average Bonchev–Trinajstić information content (AvgIpc) is 2.94. The van der Waals surface area contributed by atoms with E-state index in [1.807, 2.05) is 10.7 Å². The molecule has 0 fully saturated rings. The van der Waals surface area contributed by atoms with Crippen LogP contribution in [0.2, 0.25) is 0 Å². The lowest BCUT2D eigenvalue weighted by Gasteiger charge is -2.24. The van der Waals surface area contributed by atoms with Crippen molar-refractivity contribution in [3.05, 3.63) is 48.0 Å². The van der Waals surface area contributed by atoms with Crippen LogP contribution < -0.4 is 10.1 Å². The van der Waals surface area contributed by atoms with Crippen molar-refractivity contribution in [1.82, 2.24) is 15.1 Å². The molecule has 1 amide bonds. The van der Waals surface area contributed by atoms with Gasteiger partial charge in [0.05, 0.1) is 0 Å². The minimum atomic E-state index is -0.466. The van der Waals surface area contributed by atoms with E-state index in [0.717, 1.165) is 25.1 Å². The fourth-order valence-corrected chi connectivity index (χ4v) is 2.47. The molecule has 21 heavy (non-hydrogen) atoms. The van der Waals surface area contributed by atoms with Crippen LogP contribution >= 0.6 is 0 Å². The van der Waals surface area contributed by atoms with Crippen LogP contribution in [0.3, 0.4) is 0 Å². The summed E-state index contributed by atoms with van der Waals surface area (Å²) in [5.74, 6) is -0.613. The van der Waals surface area contributed by atoms with Gasteiger partial charge in [0.2, 0.25) is 0 Å². The second kappa shape index (κ2) is 5.95. The first kappa shape index (κ1) is 13.6. The number of carbonyl (C=O) groups is 1. The normalized spacial score (nSPS) is 17.1. The van der Waals surface area contributed by atoms with Gasteiger partial charge in [-0.15, -0.1) is 0 Å². The highest BCUT2D eigenvalue weighted by Crippen LogP contribution is 2.16. The van der Waals surface area contributed by atoms with Crippen LogP contribution in [0.1, 0.15) is 12.1 Å². The van der Waals surface area contributed by atoms with Crippen molar-refractivity contribution in [2.24, 2.45) is 0 Å². The summed E-state index contributed by atoms with van der Waals surface area (Å²) < 4.78 is 20.5. The van der Waals surface area contributed by atoms with Gasteiger partial charge in [0.15, 0.2) is 18.2 Å². The van der Waals surface area contributed by atoms with Gasteiger partial charge >= 0.3 is 0 Å². The number of aryl methyl sites for hydroxylation is 1. The van der Waals surface area contributed by atoms with Crippen molar-refractivity contribution in [1.29, 1.82) is 0 Å². The third kappa shape index (κ3) is 3.21. The second-order valence-electron chi connectivity index (χ2n) is 5.02. The Hall–Kier alpha value is -2.37. The zero-order valence-electron chi connectivity index (χ0n) is 11.5. The second-order valence-corrected chi connectivity index (χ2v) is 5.02. The van der Waals surface area contributed by atoms with Crippen molar-refractivity contribution in [2.45, 2.75) is 25.4 Å². The highest BCUT2D eigenvalue weighted by molar-refractivity contribution is 5.77. The Kier molecular flexibility index (Phi) is 3.85. The van der Waals surface area contributed by atoms with Crippen molar-refractivity contribution in [3.63, 3.8) is 0 Å². The van der Waals surface area contributed by atoms with Gasteiger partial charge in [-0.2, -0.15) is 5.10 Å². The summed E-state index contributed by atoms with van der Waals surface area (Å²) in [5.41, 5.74) is 1.11. The summed E-state index contributed by atoms with van der Waals surface area (Å²) in [6.45, 7) is 0.609. The number of nitrogens with zero attached hydrogens (tertiary/aromatic N) is 2. The minimum absolute atomic E-state index is 0.0749. The van der Waals surface area contributed by atoms with E-state index < -0.39 is 5.82 Å². The fourth-order valence-electron chi connectivity index (χ4n) is 2.47. The Balaban J connectivity index is 1.50. The maximum atomic E-state index is 13.4. The quantitative estimate of drug-likeness (QED) is 0.928. The van der Waals surface area contributed by atoms with Crippen LogP contribution in [0.15, 0.2) is 36.5 Å². The molecule has 2 heterocycles. The number of hydrogen-bond donors (Lipinski definition) is 1. The molecule has 110 valence electrons. The number of hydrogen-bond acceptors (Lipinski definition) is 3. The largest absolute Gasteiger partial charge is 0.481 e. The Labute approximate surface area is 121 Å². The Morgan fingerprint density at radius 3 is 3.14 bits per heavy atom. The maximum Gasteiger partial charge on any atom is 0.258 e. The molecule has 1 N–H and O–H groups in total. The van der Waals surface area contributed by atoms with Gasteiger partial charge in [0.25, 0.3) is 5.91 Å². The number of amides is 1. The van der Waals surface area contributed by atoms with Gasteiger partial charge < -0.3 is 10.1 Å². The van der Waals surface area contributed by atoms with Gasteiger partial charge in [-0.05, 0) is 24.6 Å². The summed E-state index contributed by atoms with van der Waals surface area (Å²) in [6.07, 6.45) is 3.35. The van der Waals surface area contributed by atoms with E-state index in [4.69, 9.17) is 4.74 Å². The van der Waals surface area contributed by atoms with Crippen LogP contribution in [0.4, 0.5) is 4.39 Å². The number of aromatic nitrogens is 2. The molecule has 0 spiro atoms. The van der Waals surface area contributed by atoms with Gasteiger partial charge in [-0.25, -0.2) is 4.39 Å². The highest BCUT2D eigenvalue weighted by Gasteiger charge is 2.20. The topological polar surface area (TPSA) is 56.1 Å². The SMILES string of the molecule is O=C(COc1ccccc1F)N[C@H]1CCn2nccc2C1. The van der Waals surface area contributed by atoms with Crippen LogP contribution in [-0.2, 0) is 17.8 Å². The number of halogens is 1. The molecular weight excluding hydrogens is 273 g/mol. The fraction of sp³-hybridized carbons (Fsp3) is 0.333. The van der Waals surface area contributed by atoms with E-state index in [9.17, 15) is 9.18 Å². The molecular formula is C15H16FN3O2. The summed E-state index contributed by atoms with van der Waals surface area (Å²) in [5, 5.41) is 7.11. The molecule has 0 saturated heterocycles. The first-order chi connectivity index (χ1) is 10.2. The molecule has 0 radical (unpaired) electrons. The van der Waals surface area contributed by atoms with Gasteiger partial charge in [-0.3, -0.25) is 9.48 Å². The standard InChI is InChI=1S/C15H16FN3O2/c16-13-3-1-2-4-14(13)21-10-15(20)18-11-6-8-19-12(9-11)5-7-17-19/h1-5,7,11H,6,8-10H2,(H,18,20)/t11-/m0/s1. The Bertz CT molecular complexity index is 641. The first-order valence-corrected chi connectivity index (χ1v) is 6.90. The van der Waals surface area contributed by atoms with Crippen LogP contribution in [-0.4, -0.2) is 28.3 Å². The van der Waals surface area contributed by atoms with Crippen LogP contribution in [0.5, 0.6) is 5.75 Å². The average molecular weight is 289 g/mol. The zero-order chi connectivity index (χ0) is 14.7. The number of benzene rings is 1. The highest BCUT2D eigenvalue weighted by atomic mass is 19.1. The van der Waals surface area contributed by atoms with Crippen LogP contribution in [0.25, 0.3) is 0 Å². The predicted molar refractivity (Wildman–Crippen MR) is 74.4 cm³/mol. The van der Waals surface area contributed by atoms with E-state index in [-0.39, 0.29) is 24.3 Å². The monoisotopic (exact) mass is 289 g/mol. The molecule has 0 saturated carbocycles. The number of fused-ring (bicyclic) bond motifs is 1. The minimum Gasteiger partial charge on any atom is -0.481 e. The van der Waals surface area contributed by atoms with E-state index >= 15 is 0 Å². The maximum absolute atomic E-state index is 13.4. The molecule has 1 atom stereocenters. The molecule has 6 heteroatoms. The summed E-state index contributed by atoms with van der Waals surface area (Å²) >= 11 is 0. The van der Waals surface area contributed by atoms with Crippen molar-refractivity contribution in [2.75, 3.05) is 6.61 Å². The molecule has 5 nitrogen and oxygen atoms in total. The Morgan fingerprint density at radius 2 is 2.29 bits per heavy atom. The van der Waals surface area contributed by atoms with E-state index in [1.165, 1.54) is 12.1 Å². The molecule has 2 aromatic rings. The molecule has 0 bridgehead atoms. The van der Waals surface area contributed by atoms with Crippen molar-refractivity contribution in [3.8, 4) is 5.75 Å². The van der Waals surface area contributed by atoms with Crippen LogP contribution in [0, 0.1) is 5.82 Å². The van der Waals surface area contributed by atoms with Crippen molar-refractivity contribution < 1.29 is 13.9 Å². The molecule has 3 rings (SSSR count). The number of rotatable bonds is 4. The smallest absolute Gasteiger partial charge is 0.258 e. The van der Waals surface area contributed by atoms with Gasteiger partial charge in [0.1, 0.15) is 0 Å². The van der Waals surface area contributed by atoms with Gasteiger partial charge in [0, 0.05) is 30.9 Å². The van der Waals surface area contributed by atoms with Crippen molar-refractivity contribution >= 4 is 5.91 Å². The molecule has 0 unspecified atom stereocenters. The molecule has 1 aromatic carbocycles.